The van der Waals surface area contributed by atoms with Crippen LogP contribution >= 0.6 is 11.3 Å². The highest BCUT2D eigenvalue weighted by Crippen LogP contribution is 2.12. The molecule has 1 amide bonds. The van der Waals surface area contributed by atoms with Crippen molar-refractivity contribution in [3.63, 3.8) is 0 Å². The zero-order valence-corrected chi connectivity index (χ0v) is 10.2. The molecule has 1 fully saturated rings. The van der Waals surface area contributed by atoms with Gasteiger partial charge in [-0.1, -0.05) is 18.9 Å². The lowest BCUT2D eigenvalue weighted by atomic mass is 10.2. The zero-order chi connectivity index (χ0) is 11.2. The number of nitrogens with zero attached hydrogens (tertiary/aromatic N) is 1. The van der Waals surface area contributed by atoms with Crippen molar-refractivity contribution < 1.29 is 4.79 Å². The van der Waals surface area contributed by atoms with Gasteiger partial charge in [0.15, 0.2) is 0 Å². The second-order valence-corrected chi connectivity index (χ2v) is 5.07. The second-order valence-electron chi connectivity index (χ2n) is 4.09. The summed E-state index contributed by atoms with van der Waals surface area (Å²) in [6.07, 6.45) is 8.45. The molecule has 1 saturated heterocycles. The quantitative estimate of drug-likeness (QED) is 0.721. The number of amides is 1. The fourth-order valence-corrected chi connectivity index (χ4v) is 2.55. The van der Waals surface area contributed by atoms with Crippen molar-refractivity contribution in [1.29, 1.82) is 0 Å². The third-order valence-electron chi connectivity index (χ3n) is 2.85. The standard InChI is InChI=1S/C13H17NOS/c15-13(8-7-12-6-5-11-16-12)14-9-3-1-2-4-10-14/h5-8,11H,1-4,9-10H2/b8-7-. The van der Waals surface area contributed by atoms with E-state index in [0.29, 0.717) is 0 Å². The van der Waals surface area contributed by atoms with Crippen molar-refractivity contribution in [3.05, 3.63) is 28.5 Å². The maximum atomic E-state index is 11.9. The summed E-state index contributed by atoms with van der Waals surface area (Å²) >= 11 is 1.66. The predicted octanol–water partition coefficient (Wildman–Crippen LogP) is 3.16. The van der Waals surface area contributed by atoms with Gasteiger partial charge in [-0.15, -0.1) is 11.3 Å². The number of thiophene rings is 1. The molecule has 1 aromatic rings. The Kier molecular flexibility index (Phi) is 4.17. The number of likely N-dealkylation sites (tertiary alicyclic amines) is 1. The molecule has 0 spiro atoms. The summed E-state index contributed by atoms with van der Waals surface area (Å²) in [6, 6.07) is 4.03. The lowest BCUT2D eigenvalue weighted by Gasteiger charge is -2.17. The Labute approximate surface area is 101 Å². The van der Waals surface area contributed by atoms with Gasteiger partial charge in [0.25, 0.3) is 0 Å². The molecular weight excluding hydrogens is 218 g/mol. The zero-order valence-electron chi connectivity index (χ0n) is 9.39. The fraction of sp³-hybridized carbons (Fsp3) is 0.462. The van der Waals surface area contributed by atoms with Crippen LogP contribution in [0.5, 0.6) is 0 Å². The van der Waals surface area contributed by atoms with E-state index in [0.717, 1.165) is 30.8 Å². The monoisotopic (exact) mass is 235 g/mol. The lowest BCUT2D eigenvalue weighted by Crippen LogP contribution is -2.30. The second kappa shape index (κ2) is 5.85. The molecule has 0 radical (unpaired) electrons. The van der Waals surface area contributed by atoms with Crippen molar-refractivity contribution in [2.24, 2.45) is 0 Å². The maximum Gasteiger partial charge on any atom is 0.246 e. The van der Waals surface area contributed by atoms with Crippen LogP contribution in [0, 0.1) is 0 Å². The van der Waals surface area contributed by atoms with Crippen LogP contribution in [0.25, 0.3) is 6.08 Å². The normalized spacial score (nSPS) is 17.6. The van der Waals surface area contributed by atoms with Crippen LogP contribution in [0.4, 0.5) is 0 Å². The highest BCUT2D eigenvalue weighted by Gasteiger charge is 2.12. The van der Waals surface area contributed by atoms with Crippen LogP contribution in [0.2, 0.25) is 0 Å². The van der Waals surface area contributed by atoms with Crippen LogP contribution in [0.15, 0.2) is 23.6 Å². The molecule has 0 aromatic carbocycles. The van der Waals surface area contributed by atoms with Crippen LogP contribution in [0.3, 0.4) is 0 Å². The van der Waals surface area contributed by atoms with Crippen molar-refractivity contribution in [1.82, 2.24) is 4.90 Å². The average Bonchev–Trinajstić information content (AvgIpc) is 2.66. The van der Waals surface area contributed by atoms with Gasteiger partial charge in [-0.25, -0.2) is 0 Å². The van der Waals surface area contributed by atoms with Gasteiger partial charge >= 0.3 is 0 Å². The van der Waals surface area contributed by atoms with E-state index in [9.17, 15) is 4.79 Å². The third-order valence-corrected chi connectivity index (χ3v) is 3.69. The Hall–Kier alpha value is -1.09. The molecule has 16 heavy (non-hydrogen) atoms. The Morgan fingerprint density at radius 3 is 2.62 bits per heavy atom. The molecule has 86 valence electrons. The first-order valence-corrected chi connectivity index (χ1v) is 6.75. The first kappa shape index (κ1) is 11.4. The molecular formula is C13H17NOS. The number of hydrogen-bond donors (Lipinski definition) is 0. The highest BCUT2D eigenvalue weighted by atomic mass is 32.1. The van der Waals surface area contributed by atoms with Crippen molar-refractivity contribution in [2.45, 2.75) is 25.7 Å². The van der Waals surface area contributed by atoms with Crippen LogP contribution < -0.4 is 0 Å². The van der Waals surface area contributed by atoms with Gasteiger partial charge in [0.2, 0.25) is 5.91 Å². The molecule has 0 unspecified atom stereocenters. The van der Waals surface area contributed by atoms with Crippen LogP contribution in [0.1, 0.15) is 30.6 Å². The summed E-state index contributed by atoms with van der Waals surface area (Å²) in [7, 11) is 0. The molecule has 3 heteroatoms. The first-order valence-electron chi connectivity index (χ1n) is 5.87. The van der Waals surface area contributed by atoms with Crippen LogP contribution in [-0.2, 0) is 4.79 Å². The van der Waals surface area contributed by atoms with E-state index >= 15 is 0 Å². The molecule has 1 aromatic heterocycles. The van der Waals surface area contributed by atoms with E-state index in [1.165, 1.54) is 12.8 Å². The Bertz CT molecular complexity index is 348. The highest BCUT2D eigenvalue weighted by molar-refractivity contribution is 7.10. The predicted molar refractivity (Wildman–Crippen MR) is 68.4 cm³/mol. The summed E-state index contributed by atoms with van der Waals surface area (Å²) < 4.78 is 0. The summed E-state index contributed by atoms with van der Waals surface area (Å²) in [5, 5.41) is 2.02. The van der Waals surface area contributed by atoms with Crippen LogP contribution in [-0.4, -0.2) is 23.9 Å². The Morgan fingerprint density at radius 2 is 2.00 bits per heavy atom. The molecule has 1 aliphatic heterocycles. The first-order chi connectivity index (χ1) is 7.86. The summed E-state index contributed by atoms with van der Waals surface area (Å²) in [5.74, 6) is 0.162. The molecule has 2 heterocycles. The van der Waals surface area contributed by atoms with Gasteiger partial charge < -0.3 is 4.90 Å². The van der Waals surface area contributed by atoms with E-state index in [2.05, 4.69) is 0 Å². The summed E-state index contributed by atoms with van der Waals surface area (Å²) in [5.41, 5.74) is 0. The molecule has 2 nitrogen and oxygen atoms in total. The lowest BCUT2D eigenvalue weighted by molar-refractivity contribution is -0.125. The molecule has 1 aliphatic rings. The molecule has 0 saturated carbocycles. The maximum absolute atomic E-state index is 11.9. The Morgan fingerprint density at radius 1 is 1.25 bits per heavy atom. The summed E-state index contributed by atoms with van der Waals surface area (Å²) in [6.45, 7) is 1.85. The topological polar surface area (TPSA) is 20.3 Å². The van der Waals surface area contributed by atoms with E-state index in [4.69, 9.17) is 0 Å². The van der Waals surface area contributed by atoms with Gasteiger partial charge in [0, 0.05) is 24.0 Å². The van der Waals surface area contributed by atoms with Gasteiger partial charge in [-0.2, -0.15) is 0 Å². The van der Waals surface area contributed by atoms with E-state index in [-0.39, 0.29) is 5.91 Å². The van der Waals surface area contributed by atoms with E-state index in [1.54, 1.807) is 17.4 Å². The number of hydrogen-bond acceptors (Lipinski definition) is 2. The largest absolute Gasteiger partial charge is 0.339 e. The third kappa shape index (κ3) is 3.20. The summed E-state index contributed by atoms with van der Waals surface area (Å²) in [4.78, 5) is 15.0. The SMILES string of the molecule is O=C(/C=C\c1cccs1)N1CCCCCC1. The van der Waals surface area contributed by atoms with Crippen molar-refractivity contribution in [2.75, 3.05) is 13.1 Å². The van der Waals surface area contributed by atoms with E-state index < -0.39 is 0 Å². The van der Waals surface area contributed by atoms with Gasteiger partial charge in [-0.3, -0.25) is 4.79 Å². The smallest absolute Gasteiger partial charge is 0.246 e. The van der Waals surface area contributed by atoms with Gasteiger partial charge in [0.05, 0.1) is 0 Å². The minimum absolute atomic E-state index is 0.162. The molecule has 0 aliphatic carbocycles. The number of carbonyl (C=O) groups excluding carboxylic acids is 1. The molecule has 0 atom stereocenters. The number of rotatable bonds is 2. The molecule has 0 bridgehead atoms. The average molecular weight is 235 g/mol. The van der Waals surface area contributed by atoms with Crippen molar-refractivity contribution in [3.8, 4) is 0 Å². The minimum atomic E-state index is 0.162. The van der Waals surface area contributed by atoms with Gasteiger partial charge in [-0.05, 0) is 30.4 Å². The number of carbonyl (C=O) groups is 1. The molecule has 2 rings (SSSR count). The minimum Gasteiger partial charge on any atom is -0.339 e. The molecule has 0 N–H and O–H groups in total. The Balaban J connectivity index is 1.91. The van der Waals surface area contributed by atoms with E-state index in [1.807, 2.05) is 28.5 Å². The van der Waals surface area contributed by atoms with Crippen molar-refractivity contribution >= 4 is 23.3 Å². The van der Waals surface area contributed by atoms with Gasteiger partial charge in [0.1, 0.15) is 0 Å². The fourth-order valence-electron chi connectivity index (χ4n) is 1.94.